The van der Waals surface area contributed by atoms with E-state index in [4.69, 9.17) is 4.74 Å². The van der Waals surface area contributed by atoms with Gasteiger partial charge in [0.05, 0.1) is 5.60 Å². The molecular formula is C13H24N2O3. The maximum Gasteiger partial charge on any atom is 0.410 e. The van der Waals surface area contributed by atoms with Gasteiger partial charge in [-0.3, -0.25) is 0 Å². The Kier molecular flexibility index (Phi) is 3.56. The van der Waals surface area contributed by atoms with Crippen LogP contribution in [0.4, 0.5) is 4.79 Å². The van der Waals surface area contributed by atoms with E-state index in [2.05, 4.69) is 5.32 Å². The zero-order valence-corrected chi connectivity index (χ0v) is 11.5. The second kappa shape index (κ2) is 4.70. The van der Waals surface area contributed by atoms with Gasteiger partial charge < -0.3 is 20.1 Å². The molecule has 1 amide bonds. The molecule has 2 aliphatic rings. The molecule has 0 aromatic rings. The lowest BCUT2D eigenvalue weighted by atomic mass is 9.85. The van der Waals surface area contributed by atoms with Crippen LogP contribution in [0.1, 0.15) is 33.6 Å². The summed E-state index contributed by atoms with van der Waals surface area (Å²) in [4.78, 5) is 13.4. The number of nitrogens with one attached hydrogen (secondary N) is 1. The maximum absolute atomic E-state index is 11.7. The third-order valence-electron chi connectivity index (χ3n) is 3.50. The standard InChI is InChI=1S/C13H24N2O3/c1-12(2,3)18-11(16)15-7-10(8-15)6-13(17)4-5-14-9-13/h10,14,17H,4-9H2,1-3H3. The molecule has 5 nitrogen and oxygen atoms in total. The fourth-order valence-corrected chi connectivity index (χ4v) is 2.62. The zero-order chi connectivity index (χ0) is 13.4. The zero-order valence-electron chi connectivity index (χ0n) is 11.5. The molecule has 0 aromatic heterocycles. The highest BCUT2D eigenvalue weighted by molar-refractivity contribution is 5.69. The van der Waals surface area contributed by atoms with Gasteiger partial charge >= 0.3 is 6.09 Å². The molecule has 0 saturated carbocycles. The quantitative estimate of drug-likeness (QED) is 0.773. The van der Waals surface area contributed by atoms with Crippen LogP contribution < -0.4 is 5.32 Å². The Morgan fingerprint density at radius 3 is 2.67 bits per heavy atom. The highest BCUT2D eigenvalue weighted by Gasteiger charge is 2.40. The van der Waals surface area contributed by atoms with Gasteiger partial charge in [-0.05, 0) is 46.1 Å². The Labute approximate surface area is 108 Å². The van der Waals surface area contributed by atoms with Gasteiger partial charge in [0.1, 0.15) is 5.60 Å². The largest absolute Gasteiger partial charge is 0.444 e. The number of hydrogen-bond acceptors (Lipinski definition) is 4. The molecular weight excluding hydrogens is 232 g/mol. The molecule has 0 aliphatic carbocycles. The van der Waals surface area contributed by atoms with Gasteiger partial charge in [-0.15, -0.1) is 0 Å². The second-order valence-corrected chi connectivity index (χ2v) is 6.61. The van der Waals surface area contributed by atoms with Crippen LogP contribution in [0.5, 0.6) is 0 Å². The molecule has 0 bridgehead atoms. The molecule has 2 rings (SSSR count). The van der Waals surface area contributed by atoms with Crippen molar-refractivity contribution in [2.45, 2.75) is 44.8 Å². The summed E-state index contributed by atoms with van der Waals surface area (Å²) in [6.07, 6.45) is 1.35. The first-order valence-electron chi connectivity index (χ1n) is 6.68. The minimum absolute atomic E-state index is 0.240. The average molecular weight is 256 g/mol. The van der Waals surface area contributed by atoms with Crippen LogP contribution >= 0.6 is 0 Å². The lowest BCUT2D eigenvalue weighted by Gasteiger charge is -2.42. The van der Waals surface area contributed by atoms with Crippen molar-refractivity contribution in [3.05, 3.63) is 0 Å². The van der Waals surface area contributed by atoms with Crippen molar-refractivity contribution in [3.63, 3.8) is 0 Å². The molecule has 0 aromatic carbocycles. The summed E-state index contributed by atoms with van der Waals surface area (Å²) >= 11 is 0. The van der Waals surface area contributed by atoms with E-state index in [1.807, 2.05) is 20.8 Å². The molecule has 2 N–H and O–H groups in total. The van der Waals surface area contributed by atoms with Gasteiger partial charge in [0, 0.05) is 19.6 Å². The fraction of sp³-hybridized carbons (Fsp3) is 0.923. The summed E-state index contributed by atoms with van der Waals surface area (Å²) in [7, 11) is 0. The Bertz CT molecular complexity index is 313. The van der Waals surface area contributed by atoms with Crippen molar-refractivity contribution in [2.75, 3.05) is 26.2 Å². The van der Waals surface area contributed by atoms with Crippen molar-refractivity contribution in [2.24, 2.45) is 5.92 Å². The minimum Gasteiger partial charge on any atom is -0.444 e. The van der Waals surface area contributed by atoms with Gasteiger partial charge in [0.2, 0.25) is 0 Å². The lowest BCUT2D eigenvalue weighted by Crippen LogP contribution is -2.54. The first-order valence-corrected chi connectivity index (χ1v) is 6.68. The number of nitrogens with zero attached hydrogens (tertiary/aromatic N) is 1. The Balaban J connectivity index is 1.72. The fourth-order valence-electron chi connectivity index (χ4n) is 2.62. The lowest BCUT2D eigenvalue weighted by molar-refractivity contribution is -0.0276. The third kappa shape index (κ3) is 3.36. The topological polar surface area (TPSA) is 61.8 Å². The smallest absolute Gasteiger partial charge is 0.410 e. The average Bonchev–Trinajstić information content (AvgIpc) is 2.55. The molecule has 0 spiro atoms. The first-order chi connectivity index (χ1) is 8.27. The van der Waals surface area contributed by atoms with Crippen LogP contribution in [0.2, 0.25) is 0 Å². The van der Waals surface area contributed by atoms with E-state index >= 15 is 0 Å². The number of rotatable bonds is 2. The number of carbonyl (C=O) groups is 1. The molecule has 1 unspecified atom stereocenters. The van der Waals surface area contributed by atoms with E-state index < -0.39 is 11.2 Å². The minimum atomic E-state index is -0.565. The Hall–Kier alpha value is -0.810. The van der Waals surface area contributed by atoms with Crippen molar-refractivity contribution in [3.8, 4) is 0 Å². The number of aliphatic hydroxyl groups is 1. The molecule has 5 heteroatoms. The number of β-amino-alcohol motifs (C(OH)–C–C–N with tert-alkyl or cyclic N) is 1. The number of hydrogen-bond donors (Lipinski definition) is 2. The van der Waals surface area contributed by atoms with Gasteiger partial charge in [-0.2, -0.15) is 0 Å². The van der Waals surface area contributed by atoms with E-state index in [9.17, 15) is 9.90 Å². The van der Waals surface area contributed by atoms with E-state index in [-0.39, 0.29) is 6.09 Å². The molecule has 0 radical (unpaired) electrons. The normalized spacial score (nSPS) is 29.2. The molecule has 18 heavy (non-hydrogen) atoms. The number of ether oxygens (including phenoxy) is 1. The van der Waals surface area contributed by atoms with Crippen molar-refractivity contribution >= 4 is 6.09 Å². The molecule has 104 valence electrons. The van der Waals surface area contributed by atoms with Crippen LogP contribution in [0.15, 0.2) is 0 Å². The van der Waals surface area contributed by atoms with Gasteiger partial charge in [-0.1, -0.05) is 0 Å². The van der Waals surface area contributed by atoms with Gasteiger partial charge in [0.25, 0.3) is 0 Å². The Morgan fingerprint density at radius 1 is 1.50 bits per heavy atom. The summed E-state index contributed by atoms with van der Waals surface area (Å²) in [6, 6.07) is 0. The monoisotopic (exact) mass is 256 g/mol. The SMILES string of the molecule is CC(C)(C)OC(=O)N1CC(CC2(O)CCNC2)C1. The van der Waals surface area contributed by atoms with E-state index in [0.717, 1.165) is 19.4 Å². The highest BCUT2D eigenvalue weighted by Crippen LogP contribution is 2.30. The number of likely N-dealkylation sites (tertiary alicyclic amines) is 1. The van der Waals surface area contributed by atoms with Crippen molar-refractivity contribution < 1.29 is 14.6 Å². The summed E-state index contributed by atoms with van der Waals surface area (Å²) < 4.78 is 5.30. The van der Waals surface area contributed by atoms with E-state index in [1.54, 1.807) is 4.90 Å². The number of carbonyl (C=O) groups excluding carboxylic acids is 1. The number of amides is 1. The van der Waals surface area contributed by atoms with Crippen LogP contribution in [0, 0.1) is 5.92 Å². The molecule has 2 heterocycles. The summed E-state index contributed by atoms with van der Waals surface area (Å²) in [5.74, 6) is 0.405. The molecule has 2 saturated heterocycles. The first kappa shape index (κ1) is 13.6. The third-order valence-corrected chi connectivity index (χ3v) is 3.50. The molecule has 1 atom stereocenters. The van der Waals surface area contributed by atoms with Crippen LogP contribution in [0.3, 0.4) is 0 Å². The second-order valence-electron chi connectivity index (χ2n) is 6.61. The van der Waals surface area contributed by atoms with Crippen LogP contribution in [-0.4, -0.2) is 53.5 Å². The Morgan fingerprint density at radius 2 is 2.17 bits per heavy atom. The predicted octanol–water partition coefficient (Wildman–Crippen LogP) is 0.968. The summed E-state index contributed by atoms with van der Waals surface area (Å²) in [5.41, 5.74) is -1.000. The van der Waals surface area contributed by atoms with Crippen LogP contribution in [0.25, 0.3) is 0 Å². The summed E-state index contributed by atoms with van der Waals surface area (Å²) in [6.45, 7) is 8.59. The van der Waals surface area contributed by atoms with Crippen molar-refractivity contribution in [1.29, 1.82) is 0 Å². The van der Waals surface area contributed by atoms with Crippen molar-refractivity contribution in [1.82, 2.24) is 10.2 Å². The molecule has 2 aliphatic heterocycles. The van der Waals surface area contributed by atoms with Gasteiger partial charge in [0.15, 0.2) is 0 Å². The molecule has 2 fully saturated rings. The van der Waals surface area contributed by atoms with Crippen LogP contribution in [-0.2, 0) is 4.74 Å². The van der Waals surface area contributed by atoms with Gasteiger partial charge in [-0.25, -0.2) is 4.79 Å². The summed E-state index contributed by atoms with van der Waals surface area (Å²) in [5, 5.41) is 13.4. The van der Waals surface area contributed by atoms with E-state index in [0.29, 0.717) is 25.6 Å². The maximum atomic E-state index is 11.7. The van der Waals surface area contributed by atoms with E-state index in [1.165, 1.54) is 0 Å². The predicted molar refractivity (Wildman–Crippen MR) is 68.4 cm³/mol. The highest BCUT2D eigenvalue weighted by atomic mass is 16.6.